The average molecular weight is 408 g/mol. The lowest BCUT2D eigenvalue weighted by molar-refractivity contribution is -0.172. The largest absolute Gasteiger partial charge is 0.469 e. The van der Waals surface area contributed by atoms with Crippen molar-refractivity contribution >= 4 is 43.8 Å². The predicted octanol–water partition coefficient (Wildman–Crippen LogP) is 2.15. The van der Waals surface area contributed by atoms with Crippen LogP contribution in [-0.4, -0.2) is 35.8 Å². The number of rotatable bonds is 2. The molecule has 4 aliphatic carbocycles. The maximum atomic E-state index is 12.2. The van der Waals surface area contributed by atoms with E-state index in [0.717, 1.165) is 0 Å². The molecule has 0 heterocycles. The molecule has 0 aromatic rings. The Balaban J connectivity index is 2.00. The highest BCUT2D eigenvalue weighted by molar-refractivity contribution is 9.12. The van der Waals surface area contributed by atoms with E-state index in [1.807, 2.05) is 0 Å². The van der Waals surface area contributed by atoms with Gasteiger partial charge >= 0.3 is 11.9 Å². The molecule has 4 nitrogen and oxygen atoms in total. The van der Waals surface area contributed by atoms with Gasteiger partial charge < -0.3 is 9.47 Å². The molecule has 0 N–H and O–H groups in total. The van der Waals surface area contributed by atoms with Crippen LogP contribution in [0.25, 0.3) is 0 Å². The standard InChI is InChI=1S/C14H16Br2O4/c1-19-13(17)9-5-3-4-6(10(9)14(18)20-2)8-7(5)11(15)12(8)16/h3-12H,1-2H3/t5-,6+,7+,8-,9+,10-,11-,12-/m0/s1. The molecule has 4 aliphatic rings. The minimum absolute atomic E-state index is 0.0414. The highest BCUT2D eigenvalue weighted by Gasteiger charge is 2.65. The minimum atomic E-state index is -0.427. The summed E-state index contributed by atoms with van der Waals surface area (Å²) in [6.07, 6.45) is 4.17. The number of halogens is 2. The number of carbonyl (C=O) groups excluding carboxylic acids is 2. The average Bonchev–Trinajstić information content (AvgIpc) is 2.50. The minimum Gasteiger partial charge on any atom is -0.469 e. The Morgan fingerprint density at radius 3 is 1.50 bits per heavy atom. The summed E-state index contributed by atoms with van der Waals surface area (Å²) in [7, 11) is 2.75. The van der Waals surface area contributed by atoms with Gasteiger partial charge in [-0.3, -0.25) is 9.59 Å². The smallest absolute Gasteiger partial charge is 0.310 e. The van der Waals surface area contributed by atoms with Crippen molar-refractivity contribution in [1.29, 1.82) is 0 Å². The summed E-state index contributed by atoms with van der Waals surface area (Å²) in [5.41, 5.74) is 0. The molecule has 8 atom stereocenters. The third-order valence-corrected chi connectivity index (χ3v) is 8.16. The van der Waals surface area contributed by atoms with Gasteiger partial charge in [0.25, 0.3) is 0 Å². The van der Waals surface area contributed by atoms with Gasteiger partial charge in [0.15, 0.2) is 0 Å². The zero-order valence-corrected chi connectivity index (χ0v) is 14.3. The van der Waals surface area contributed by atoms with Crippen LogP contribution in [0.2, 0.25) is 0 Å². The lowest BCUT2D eigenvalue weighted by Gasteiger charge is -2.61. The van der Waals surface area contributed by atoms with Crippen molar-refractivity contribution in [2.24, 2.45) is 35.5 Å². The number of esters is 2. The number of hydrogen-bond acceptors (Lipinski definition) is 4. The number of methoxy groups -OCH3 is 2. The molecular formula is C14H16Br2O4. The number of carbonyl (C=O) groups is 2. The molecule has 0 aromatic heterocycles. The molecule has 110 valence electrons. The fourth-order valence-corrected chi connectivity index (χ4v) is 6.35. The summed E-state index contributed by atoms with van der Waals surface area (Å²) in [6.45, 7) is 0. The van der Waals surface area contributed by atoms with Crippen LogP contribution in [0.4, 0.5) is 0 Å². The Morgan fingerprint density at radius 2 is 1.20 bits per heavy atom. The number of alkyl halides is 2. The number of allylic oxidation sites excluding steroid dienone is 2. The summed E-state index contributed by atoms with van der Waals surface area (Å²) in [5, 5.41) is 0. The third-order valence-electron chi connectivity index (χ3n) is 5.09. The maximum absolute atomic E-state index is 12.2. The zero-order valence-electron chi connectivity index (χ0n) is 11.2. The van der Waals surface area contributed by atoms with Crippen molar-refractivity contribution < 1.29 is 19.1 Å². The molecule has 2 saturated carbocycles. The van der Waals surface area contributed by atoms with Gasteiger partial charge in [-0.2, -0.15) is 0 Å². The second-order valence-electron chi connectivity index (χ2n) is 5.68. The highest BCUT2D eigenvalue weighted by atomic mass is 79.9. The van der Waals surface area contributed by atoms with Crippen molar-refractivity contribution in [1.82, 2.24) is 0 Å². The lowest BCUT2D eigenvalue weighted by Crippen LogP contribution is -2.66. The molecular weight excluding hydrogens is 392 g/mol. The molecule has 0 aromatic carbocycles. The van der Waals surface area contributed by atoms with Crippen LogP contribution in [0.3, 0.4) is 0 Å². The van der Waals surface area contributed by atoms with Crippen LogP contribution in [0, 0.1) is 35.5 Å². The van der Waals surface area contributed by atoms with Crippen molar-refractivity contribution in [3.8, 4) is 0 Å². The van der Waals surface area contributed by atoms with E-state index in [2.05, 4.69) is 44.0 Å². The lowest BCUT2D eigenvalue weighted by atomic mass is 9.46. The molecule has 0 unspecified atom stereocenters. The van der Waals surface area contributed by atoms with Gasteiger partial charge in [0, 0.05) is 9.65 Å². The number of ether oxygens (including phenoxy) is 2. The normalized spacial score (nSPS) is 48.2. The van der Waals surface area contributed by atoms with E-state index >= 15 is 0 Å². The molecule has 0 spiro atoms. The first-order chi connectivity index (χ1) is 9.52. The fourth-order valence-electron chi connectivity index (χ4n) is 4.23. The van der Waals surface area contributed by atoms with Gasteiger partial charge in [0.1, 0.15) is 0 Å². The van der Waals surface area contributed by atoms with Gasteiger partial charge in [-0.15, -0.1) is 0 Å². The van der Waals surface area contributed by atoms with Crippen LogP contribution in [-0.2, 0) is 19.1 Å². The van der Waals surface area contributed by atoms with Crippen molar-refractivity contribution in [2.45, 2.75) is 9.65 Å². The van der Waals surface area contributed by atoms with E-state index in [0.29, 0.717) is 21.5 Å². The van der Waals surface area contributed by atoms with E-state index in [1.165, 1.54) is 14.2 Å². The zero-order chi connectivity index (χ0) is 14.6. The molecule has 0 amide bonds. The van der Waals surface area contributed by atoms with Crippen molar-refractivity contribution in [3.63, 3.8) is 0 Å². The highest BCUT2D eigenvalue weighted by Crippen LogP contribution is 2.63. The van der Waals surface area contributed by atoms with E-state index in [1.54, 1.807) is 0 Å². The summed E-state index contributed by atoms with van der Waals surface area (Å²) < 4.78 is 9.86. The summed E-state index contributed by atoms with van der Waals surface area (Å²) in [5.74, 6) is -0.641. The SMILES string of the molecule is COC(=O)[C@@H]1[C@H]2C=C[C@@H]([C@@H]1C(=O)OC)[C@@H]1[C@H](Br)[C@@H](Br)[C@H]21. The van der Waals surface area contributed by atoms with E-state index < -0.39 is 11.8 Å². The third kappa shape index (κ3) is 1.76. The molecule has 2 fully saturated rings. The summed E-state index contributed by atoms with van der Waals surface area (Å²) in [6, 6.07) is 0. The second-order valence-corrected chi connectivity index (χ2v) is 7.80. The second kappa shape index (κ2) is 5.13. The first-order valence-electron chi connectivity index (χ1n) is 6.65. The summed E-state index contributed by atoms with van der Waals surface area (Å²) in [4.78, 5) is 25.0. The van der Waals surface area contributed by atoms with Crippen LogP contribution < -0.4 is 0 Å². The first-order valence-corrected chi connectivity index (χ1v) is 8.48. The van der Waals surface area contributed by atoms with E-state index in [-0.39, 0.29) is 23.8 Å². The predicted molar refractivity (Wildman–Crippen MR) is 79.5 cm³/mol. The molecule has 6 heteroatoms. The molecule has 0 saturated heterocycles. The van der Waals surface area contributed by atoms with E-state index in [4.69, 9.17) is 9.47 Å². The number of fused-ring (bicyclic) bond motifs is 1. The molecule has 2 bridgehead atoms. The Bertz CT molecular complexity index is 436. The van der Waals surface area contributed by atoms with Gasteiger partial charge in [0.05, 0.1) is 26.1 Å². The maximum Gasteiger partial charge on any atom is 0.310 e. The molecule has 0 radical (unpaired) electrons. The monoisotopic (exact) mass is 406 g/mol. The van der Waals surface area contributed by atoms with Gasteiger partial charge in [-0.05, 0) is 23.7 Å². The Labute approximate surface area is 134 Å². The van der Waals surface area contributed by atoms with E-state index in [9.17, 15) is 9.59 Å². The van der Waals surface area contributed by atoms with Crippen LogP contribution in [0.1, 0.15) is 0 Å². The van der Waals surface area contributed by atoms with Gasteiger partial charge in [-0.25, -0.2) is 0 Å². The van der Waals surface area contributed by atoms with Crippen molar-refractivity contribution in [2.75, 3.05) is 14.2 Å². The fraction of sp³-hybridized carbons (Fsp3) is 0.714. The Morgan fingerprint density at radius 1 is 0.850 bits per heavy atom. The van der Waals surface area contributed by atoms with Crippen LogP contribution >= 0.6 is 31.9 Å². The molecule has 20 heavy (non-hydrogen) atoms. The first kappa shape index (κ1) is 14.6. The molecule has 0 aliphatic heterocycles. The van der Waals surface area contributed by atoms with Gasteiger partial charge in [0.2, 0.25) is 0 Å². The van der Waals surface area contributed by atoms with Crippen molar-refractivity contribution in [3.05, 3.63) is 12.2 Å². The quantitative estimate of drug-likeness (QED) is 0.400. The number of hydrogen-bond donors (Lipinski definition) is 0. The topological polar surface area (TPSA) is 52.6 Å². The van der Waals surface area contributed by atoms with Crippen LogP contribution in [0.5, 0.6) is 0 Å². The molecule has 4 rings (SSSR count). The van der Waals surface area contributed by atoms with Crippen LogP contribution in [0.15, 0.2) is 12.2 Å². The van der Waals surface area contributed by atoms with Gasteiger partial charge in [-0.1, -0.05) is 44.0 Å². The summed E-state index contributed by atoms with van der Waals surface area (Å²) >= 11 is 7.39. The Kier molecular flexibility index (Phi) is 3.73. The Hall–Kier alpha value is -0.360.